The zero-order valence-electron chi connectivity index (χ0n) is 18.4. The van der Waals surface area contributed by atoms with Crippen LogP contribution >= 0.6 is 11.6 Å². The van der Waals surface area contributed by atoms with Gasteiger partial charge in [-0.2, -0.15) is 0 Å². The molecule has 29 heavy (non-hydrogen) atoms. The van der Waals surface area contributed by atoms with Crippen molar-refractivity contribution in [3.8, 4) is 11.1 Å². The molecule has 0 fully saturated rings. The third-order valence-corrected chi connectivity index (χ3v) is 4.71. The Morgan fingerprint density at radius 2 is 1.62 bits per heavy atom. The van der Waals surface area contributed by atoms with Crippen LogP contribution in [0.3, 0.4) is 0 Å². The molecule has 0 unspecified atom stereocenters. The van der Waals surface area contributed by atoms with Crippen LogP contribution in [0.25, 0.3) is 11.1 Å². The third kappa shape index (κ3) is 7.44. The van der Waals surface area contributed by atoms with Gasteiger partial charge in [-0.3, -0.25) is 0 Å². The highest BCUT2D eigenvalue weighted by atomic mass is 35.5. The van der Waals surface area contributed by atoms with Crippen molar-refractivity contribution in [3.05, 3.63) is 101 Å². The Hall–Kier alpha value is -2.51. The van der Waals surface area contributed by atoms with E-state index in [9.17, 15) is 0 Å². The summed E-state index contributed by atoms with van der Waals surface area (Å²) in [6.07, 6.45) is 10.2. The fraction of sp³-hybridized carbons (Fsp3) is 0.259. The van der Waals surface area contributed by atoms with Gasteiger partial charge in [0.15, 0.2) is 0 Å². The second kappa shape index (κ2) is 13.6. The molecule has 0 heterocycles. The van der Waals surface area contributed by atoms with Crippen LogP contribution in [0.5, 0.6) is 0 Å². The van der Waals surface area contributed by atoms with E-state index in [2.05, 4.69) is 55.2 Å². The lowest BCUT2D eigenvalue weighted by Gasteiger charge is -2.18. The van der Waals surface area contributed by atoms with Crippen molar-refractivity contribution in [2.75, 3.05) is 5.32 Å². The monoisotopic (exact) mass is 407 g/mol. The van der Waals surface area contributed by atoms with Crippen LogP contribution in [0.2, 0.25) is 5.02 Å². The molecule has 3 rings (SSSR count). The van der Waals surface area contributed by atoms with Crippen LogP contribution in [-0.4, -0.2) is 0 Å². The molecule has 0 atom stereocenters. The van der Waals surface area contributed by atoms with Gasteiger partial charge in [0.25, 0.3) is 0 Å². The summed E-state index contributed by atoms with van der Waals surface area (Å²) < 4.78 is 0. The highest BCUT2D eigenvalue weighted by Crippen LogP contribution is 2.31. The first-order valence-electron chi connectivity index (χ1n) is 10.5. The zero-order valence-corrected chi connectivity index (χ0v) is 19.2. The van der Waals surface area contributed by atoms with Crippen LogP contribution in [0.15, 0.2) is 96.3 Å². The van der Waals surface area contributed by atoms with Crippen molar-refractivity contribution >= 4 is 17.3 Å². The summed E-state index contributed by atoms with van der Waals surface area (Å²) >= 11 is 6.49. The molecule has 154 valence electrons. The first-order chi connectivity index (χ1) is 14.2. The molecule has 1 aliphatic rings. The van der Waals surface area contributed by atoms with Gasteiger partial charge < -0.3 is 5.32 Å². The molecule has 0 spiro atoms. The molecule has 2 aromatic carbocycles. The standard InChI is InChI=1S/C23H22ClN.2C2H6/c1-3-7-17(2)18-10-13-21(14-11-18)25-23-15-12-20(16-22(23)24)19-8-5-4-6-9-19;2*1-2/h3-10,12-13,15-16,25H,1,11,14H2,2H3;2*1-2H3/b17-7+;;. The van der Waals surface area contributed by atoms with Crippen molar-refractivity contribution < 1.29 is 0 Å². The molecule has 0 bridgehead atoms. The van der Waals surface area contributed by atoms with Gasteiger partial charge in [-0.15, -0.1) is 0 Å². The molecular formula is C27H34ClN. The second-order valence-corrected chi connectivity index (χ2v) is 6.56. The van der Waals surface area contributed by atoms with E-state index in [0.717, 1.165) is 29.1 Å². The van der Waals surface area contributed by atoms with Crippen LogP contribution < -0.4 is 5.32 Å². The lowest BCUT2D eigenvalue weighted by Crippen LogP contribution is -2.04. The van der Waals surface area contributed by atoms with E-state index in [1.165, 1.54) is 22.4 Å². The summed E-state index contributed by atoms with van der Waals surface area (Å²) in [5.74, 6) is 0. The van der Waals surface area contributed by atoms with E-state index in [4.69, 9.17) is 11.6 Å². The number of hydrogen-bond acceptors (Lipinski definition) is 1. The van der Waals surface area contributed by atoms with Gasteiger partial charge in [0.2, 0.25) is 0 Å². The zero-order chi connectivity index (χ0) is 21.6. The molecule has 2 heteroatoms. The van der Waals surface area contributed by atoms with E-state index in [1.807, 2.05) is 64.1 Å². The molecule has 1 nitrogen and oxygen atoms in total. The number of rotatable bonds is 5. The maximum atomic E-state index is 6.49. The average molecular weight is 408 g/mol. The van der Waals surface area contributed by atoms with Gasteiger partial charge in [0.1, 0.15) is 0 Å². The summed E-state index contributed by atoms with van der Waals surface area (Å²) in [7, 11) is 0. The fourth-order valence-electron chi connectivity index (χ4n) is 2.95. The predicted octanol–water partition coefficient (Wildman–Crippen LogP) is 9.21. The van der Waals surface area contributed by atoms with Crippen molar-refractivity contribution in [2.45, 2.75) is 47.5 Å². The molecule has 1 N–H and O–H groups in total. The largest absolute Gasteiger partial charge is 0.358 e. The first-order valence-corrected chi connectivity index (χ1v) is 10.9. The van der Waals surface area contributed by atoms with Gasteiger partial charge in [0, 0.05) is 5.70 Å². The minimum Gasteiger partial charge on any atom is -0.358 e. The molecule has 0 aliphatic heterocycles. The predicted molar refractivity (Wildman–Crippen MR) is 133 cm³/mol. The minimum absolute atomic E-state index is 0.736. The van der Waals surface area contributed by atoms with E-state index in [-0.39, 0.29) is 0 Å². The van der Waals surface area contributed by atoms with Crippen LogP contribution in [0, 0.1) is 0 Å². The Kier molecular flexibility index (Phi) is 11.5. The fourth-order valence-corrected chi connectivity index (χ4v) is 3.18. The smallest absolute Gasteiger partial charge is 0.0647 e. The quantitative estimate of drug-likeness (QED) is 0.487. The van der Waals surface area contributed by atoms with Gasteiger partial charge in [0.05, 0.1) is 10.7 Å². The van der Waals surface area contributed by atoms with E-state index >= 15 is 0 Å². The lowest BCUT2D eigenvalue weighted by atomic mass is 9.96. The highest BCUT2D eigenvalue weighted by molar-refractivity contribution is 6.33. The van der Waals surface area contributed by atoms with Crippen molar-refractivity contribution in [2.24, 2.45) is 0 Å². The van der Waals surface area contributed by atoms with Gasteiger partial charge in [-0.25, -0.2) is 0 Å². The lowest BCUT2D eigenvalue weighted by molar-refractivity contribution is 0.916. The summed E-state index contributed by atoms with van der Waals surface area (Å²) in [5, 5.41) is 4.20. The minimum atomic E-state index is 0.736. The average Bonchev–Trinajstić information content (AvgIpc) is 2.79. The Labute approximate surface area is 182 Å². The van der Waals surface area contributed by atoms with Crippen LogP contribution in [0.1, 0.15) is 47.5 Å². The number of hydrogen-bond donors (Lipinski definition) is 1. The Morgan fingerprint density at radius 1 is 0.931 bits per heavy atom. The summed E-state index contributed by atoms with van der Waals surface area (Å²) in [4.78, 5) is 0. The molecule has 2 aromatic rings. The summed E-state index contributed by atoms with van der Waals surface area (Å²) in [5.41, 5.74) is 7.06. The van der Waals surface area contributed by atoms with E-state index in [1.54, 1.807) is 0 Å². The number of allylic oxidation sites excluding steroid dienone is 7. The van der Waals surface area contributed by atoms with Crippen LogP contribution in [0.4, 0.5) is 5.69 Å². The van der Waals surface area contributed by atoms with Crippen molar-refractivity contribution in [1.82, 2.24) is 0 Å². The molecule has 0 aromatic heterocycles. The first kappa shape index (κ1) is 24.5. The summed E-state index contributed by atoms with van der Waals surface area (Å²) in [6, 6.07) is 16.4. The molecule has 0 amide bonds. The SMILES string of the molecule is C=C/C=C(\C)C1=CC=C(Nc2ccc(-c3ccccc3)cc2Cl)CC1.CC.CC. The van der Waals surface area contributed by atoms with Gasteiger partial charge in [-0.1, -0.05) is 101 Å². The highest BCUT2D eigenvalue weighted by Gasteiger charge is 2.10. The van der Waals surface area contributed by atoms with E-state index in [0.29, 0.717) is 0 Å². The maximum absolute atomic E-state index is 6.49. The van der Waals surface area contributed by atoms with E-state index < -0.39 is 0 Å². The topological polar surface area (TPSA) is 12.0 Å². The van der Waals surface area contributed by atoms with Gasteiger partial charge >= 0.3 is 0 Å². The number of anilines is 1. The van der Waals surface area contributed by atoms with Crippen molar-refractivity contribution in [1.29, 1.82) is 0 Å². The molecule has 0 saturated carbocycles. The third-order valence-electron chi connectivity index (χ3n) is 4.40. The molecule has 1 aliphatic carbocycles. The number of halogens is 1. The van der Waals surface area contributed by atoms with Crippen molar-refractivity contribution in [3.63, 3.8) is 0 Å². The molecule has 0 saturated heterocycles. The Balaban J connectivity index is 0.000000989. The number of nitrogens with one attached hydrogen (secondary N) is 1. The maximum Gasteiger partial charge on any atom is 0.0647 e. The Bertz CT molecular complexity index is 857. The molecule has 0 radical (unpaired) electrons. The number of benzene rings is 2. The normalized spacial score (nSPS) is 13.0. The summed E-state index contributed by atoms with van der Waals surface area (Å²) in [6.45, 7) is 13.9. The second-order valence-electron chi connectivity index (χ2n) is 6.15. The Morgan fingerprint density at radius 3 is 2.17 bits per heavy atom. The molecular weight excluding hydrogens is 374 g/mol. The van der Waals surface area contributed by atoms with Gasteiger partial charge in [-0.05, 0) is 60.2 Å². The van der Waals surface area contributed by atoms with Crippen LogP contribution in [-0.2, 0) is 0 Å².